The number of rotatable bonds is 3. The van der Waals surface area contributed by atoms with Gasteiger partial charge in [-0.1, -0.05) is 6.92 Å². The second-order valence-electron chi connectivity index (χ2n) is 6.13. The van der Waals surface area contributed by atoms with Gasteiger partial charge >= 0.3 is 0 Å². The standard InChI is InChI=1S/C17H23NO3/c1-4-11-13-8-12(16(19)14-6-5-7-21-14)9(2)10(3)15(13)18-17(11)20/h8,11,14,16,19H,4-7H2,1-3H3,(H,18,20). The van der Waals surface area contributed by atoms with Crippen molar-refractivity contribution in [3.8, 4) is 0 Å². The highest BCUT2D eigenvalue weighted by molar-refractivity contribution is 6.04. The van der Waals surface area contributed by atoms with Crippen molar-refractivity contribution in [3.05, 3.63) is 28.3 Å². The van der Waals surface area contributed by atoms with Crippen LogP contribution in [0.4, 0.5) is 5.69 Å². The Morgan fingerprint density at radius 1 is 1.43 bits per heavy atom. The number of ether oxygens (including phenoxy) is 1. The molecule has 1 amide bonds. The number of carbonyl (C=O) groups is 1. The molecule has 3 atom stereocenters. The van der Waals surface area contributed by atoms with E-state index in [-0.39, 0.29) is 17.9 Å². The SMILES string of the molecule is CCC1C(=O)Nc2c1cc(C(O)C1CCCO1)c(C)c2C. The van der Waals surface area contributed by atoms with E-state index in [4.69, 9.17) is 4.74 Å². The van der Waals surface area contributed by atoms with Crippen LogP contribution in [-0.4, -0.2) is 23.7 Å². The van der Waals surface area contributed by atoms with E-state index in [0.29, 0.717) is 0 Å². The molecule has 0 aromatic heterocycles. The number of carbonyl (C=O) groups excluding carboxylic acids is 1. The van der Waals surface area contributed by atoms with Crippen molar-refractivity contribution in [1.82, 2.24) is 0 Å². The van der Waals surface area contributed by atoms with Crippen LogP contribution in [0.1, 0.15) is 60.5 Å². The number of amides is 1. The molecule has 0 spiro atoms. The molecular formula is C17H23NO3. The van der Waals surface area contributed by atoms with Crippen LogP contribution in [0.25, 0.3) is 0 Å². The van der Waals surface area contributed by atoms with Gasteiger partial charge in [-0.15, -0.1) is 0 Å². The zero-order chi connectivity index (χ0) is 15.1. The Hall–Kier alpha value is -1.39. The van der Waals surface area contributed by atoms with Crippen molar-refractivity contribution in [2.24, 2.45) is 0 Å². The van der Waals surface area contributed by atoms with Gasteiger partial charge in [0.15, 0.2) is 0 Å². The van der Waals surface area contributed by atoms with Crippen molar-refractivity contribution < 1.29 is 14.6 Å². The summed E-state index contributed by atoms with van der Waals surface area (Å²) in [4.78, 5) is 12.1. The highest BCUT2D eigenvalue weighted by Crippen LogP contribution is 2.42. The molecule has 1 aromatic carbocycles. The van der Waals surface area contributed by atoms with E-state index in [9.17, 15) is 9.90 Å². The minimum Gasteiger partial charge on any atom is -0.386 e. The van der Waals surface area contributed by atoms with Crippen LogP contribution >= 0.6 is 0 Å². The Kier molecular flexibility index (Phi) is 3.76. The van der Waals surface area contributed by atoms with Crippen molar-refractivity contribution in [2.45, 2.75) is 58.2 Å². The predicted octanol–water partition coefficient (Wildman–Crippen LogP) is 2.96. The second-order valence-corrected chi connectivity index (χ2v) is 6.13. The molecule has 3 rings (SSSR count). The van der Waals surface area contributed by atoms with Crippen LogP contribution < -0.4 is 5.32 Å². The summed E-state index contributed by atoms with van der Waals surface area (Å²) >= 11 is 0. The summed E-state index contributed by atoms with van der Waals surface area (Å²) in [6, 6.07) is 2.01. The summed E-state index contributed by atoms with van der Waals surface area (Å²) in [5, 5.41) is 13.6. The number of anilines is 1. The molecule has 2 heterocycles. The summed E-state index contributed by atoms with van der Waals surface area (Å²) in [7, 11) is 0. The minimum absolute atomic E-state index is 0.0683. The maximum absolute atomic E-state index is 12.1. The van der Waals surface area contributed by atoms with Crippen LogP contribution in [0.2, 0.25) is 0 Å². The zero-order valence-corrected chi connectivity index (χ0v) is 12.9. The Morgan fingerprint density at radius 3 is 2.81 bits per heavy atom. The lowest BCUT2D eigenvalue weighted by molar-refractivity contribution is -0.117. The van der Waals surface area contributed by atoms with Gasteiger partial charge in [-0.25, -0.2) is 0 Å². The fourth-order valence-corrected chi connectivity index (χ4v) is 3.53. The second kappa shape index (κ2) is 5.43. The third kappa shape index (κ3) is 2.27. The number of fused-ring (bicyclic) bond motifs is 1. The number of aliphatic hydroxyl groups is 1. The highest BCUT2D eigenvalue weighted by Gasteiger charge is 2.34. The molecule has 4 heteroatoms. The molecule has 0 saturated carbocycles. The van der Waals surface area contributed by atoms with Gasteiger partial charge in [0.25, 0.3) is 0 Å². The first-order valence-corrected chi connectivity index (χ1v) is 7.79. The summed E-state index contributed by atoms with van der Waals surface area (Å²) in [5.41, 5.74) is 4.98. The van der Waals surface area contributed by atoms with Crippen molar-refractivity contribution in [3.63, 3.8) is 0 Å². The molecule has 3 unspecified atom stereocenters. The number of aliphatic hydroxyl groups excluding tert-OH is 1. The van der Waals surface area contributed by atoms with Crippen LogP contribution in [-0.2, 0) is 9.53 Å². The molecule has 0 radical (unpaired) electrons. The maximum atomic E-state index is 12.1. The van der Waals surface area contributed by atoms with Gasteiger partial charge in [0.05, 0.1) is 12.0 Å². The first kappa shape index (κ1) is 14.5. The molecule has 4 nitrogen and oxygen atoms in total. The number of hydrogen-bond acceptors (Lipinski definition) is 3. The Morgan fingerprint density at radius 2 is 2.19 bits per heavy atom. The predicted molar refractivity (Wildman–Crippen MR) is 81.5 cm³/mol. The van der Waals surface area contributed by atoms with E-state index in [2.05, 4.69) is 5.32 Å². The Labute approximate surface area is 125 Å². The van der Waals surface area contributed by atoms with Crippen LogP contribution in [0.15, 0.2) is 6.07 Å². The summed E-state index contributed by atoms with van der Waals surface area (Å²) in [6.07, 6.45) is 1.94. The molecule has 1 fully saturated rings. The third-order valence-electron chi connectivity index (χ3n) is 4.95. The van der Waals surface area contributed by atoms with Gasteiger partial charge in [0.1, 0.15) is 6.10 Å². The average Bonchev–Trinajstić information content (AvgIpc) is 3.09. The van der Waals surface area contributed by atoms with Gasteiger partial charge in [-0.2, -0.15) is 0 Å². The average molecular weight is 289 g/mol. The Bertz CT molecular complexity index is 576. The largest absolute Gasteiger partial charge is 0.386 e. The zero-order valence-electron chi connectivity index (χ0n) is 12.9. The quantitative estimate of drug-likeness (QED) is 0.899. The minimum atomic E-state index is -0.607. The lowest BCUT2D eigenvalue weighted by atomic mass is 9.88. The van der Waals surface area contributed by atoms with Crippen LogP contribution in [0, 0.1) is 13.8 Å². The van der Waals surface area contributed by atoms with E-state index in [0.717, 1.165) is 53.8 Å². The molecule has 2 aliphatic rings. The van der Waals surface area contributed by atoms with E-state index < -0.39 is 6.10 Å². The third-order valence-corrected chi connectivity index (χ3v) is 4.95. The maximum Gasteiger partial charge on any atom is 0.232 e. The molecule has 2 aliphatic heterocycles. The fourth-order valence-electron chi connectivity index (χ4n) is 3.53. The molecule has 21 heavy (non-hydrogen) atoms. The molecule has 1 saturated heterocycles. The van der Waals surface area contributed by atoms with Crippen LogP contribution in [0.5, 0.6) is 0 Å². The van der Waals surface area contributed by atoms with E-state index in [1.165, 1.54) is 0 Å². The first-order valence-electron chi connectivity index (χ1n) is 7.79. The highest BCUT2D eigenvalue weighted by atomic mass is 16.5. The molecule has 0 aliphatic carbocycles. The lowest BCUT2D eigenvalue weighted by Crippen LogP contribution is -2.19. The van der Waals surface area contributed by atoms with E-state index in [1.807, 2.05) is 26.8 Å². The van der Waals surface area contributed by atoms with Crippen molar-refractivity contribution >= 4 is 11.6 Å². The number of hydrogen-bond donors (Lipinski definition) is 2. The Balaban J connectivity index is 2.05. The monoisotopic (exact) mass is 289 g/mol. The number of nitrogens with one attached hydrogen (secondary N) is 1. The van der Waals surface area contributed by atoms with Crippen molar-refractivity contribution in [2.75, 3.05) is 11.9 Å². The lowest BCUT2D eigenvalue weighted by Gasteiger charge is -2.22. The van der Waals surface area contributed by atoms with E-state index in [1.54, 1.807) is 0 Å². The molecule has 114 valence electrons. The summed E-state index contributed by atoms with van der Waals surface area (Å²) < 4.78 is 5.63. The van der Waals surface area contributed by atoms with Gasteiger partial charge in [0, 0.05) is 12.3 Å². The molecular weight excluding hydrogens is 266 g/mol. The molecule has 1 aromatic rings. The van der Waals surface area contributed by atoms with Gasteiger partial charge in [0.2, 0.25) is 5.91 Å². The summed E-state index contributed by atoms with van der Waals surface area (Å²) in [5.74, 6) is -0.0338. The number of benzene rings is 1. The van der Waals surface area contributed by atoms with E-state index >= 15 is 0 Å². The van der Waals surface area contributed by atoms with Gasteiger partial charge in [-0.05, 0) is 61.4 Å². The molecule has 2 N–H and O–H groups in total. The fraction of sp³-hybridized carbons (Fsp3) is 0.588. The molecule has 0 bridgehead atoms. The normalized spacial score (nSPS) is 25.8. The van der Waals surface area contributed by atoms with Crippen LogP contribution in [0.3, 0.4) is 0 Å². The van der Waals surface area contributed by atoms with Gasteiger partial charge in [-0.3, -0.25) is 4.79 Å². The first-order chi connectivity index (χ1) is 10.0. The smallest absolute Gasteiger partial charge is 0.232 e. The summed E-state index contributed by atoms with van der Waals surface area (Å²) in [6.45, 7) is 6.76. The van der Waals surface area contributed by atoms with Crippen molar-refractivity contribution in [1.29, 1.82) is 0 Å². The van der Waals surface area contributed by atoms with Gasteiger partial charge < -0.3 is 15.2 Å². The topological polar surface area (TPSA) is 58.6 Å².